The summed E-state index contributed by atoms with van der Waals surface area (Å²) in [6, 6.07) is 6.45. The third-order valence-electron chi connectivity index (χ3n) is 4.02. The molecule has 1 aromatic carbocycles. The van der Waals surface area contributed by atoms with E-state index in [-0.39, 0.29) is 35.3 Å². The molecule has 0 aliphatic carbocycles. The molecule has 5 nitrogen and oxygen atoms in total. The highest BCUT2D eigenvalue weighted by Gasteiger charge is 2.30. The first-order valence-electron chi connectivity index (χ1n) is 8.74. The van der Waals surface area contributed by atoms with Crippen molar-refractivity contribution < 1.29 is 22.6 Å². The summed E-state index contributed by atoms with van der Waals surface area (Å²) in [5.41, 5.74) is 0.707. The Bertz CT molecular complexity index is 589. The molecule has 1 aliphatic heterocycles. The molecule has 0 saturated carbocycles. The van der Waals surface area contributed by atoms with Crippen LogP contribution >= 0.6 is 24.0 Å². The summed E-state index contributed by atoms with van der Waals surface area (Å²) in [7, 11) is 0. The minimum atomic E-state index is -4.34. The van der Waals surface area contributed by atoms with E-state index in [1.54, 1.807) is 12.1 Å². The number of halogens is 4. The lowest BCUT2D eigenvalue weighted by Crippen LogP contribution is -2.45. The molecule has 2 rings (SSSR count). The van der Waals surface area contributed by atoms with Crippen molar-refractivity contribution in [2.45, 2.75) is 45.0 Å². The molecule has 0 amide bonds. The Morgan fingerprint density at radius 3 is 2.52 bits per heavy atom. The standard InChI is InChI=1S/C18H26F3N3O2.HI/c1-3-22-16(24-12-17(2)9-4-10-26-17)23-11-14-5-7-15(8-6-14)25-13-18(19,20)21;/h5-8H,3-4,9-13H2,1-2H3,(H2,22,23,24);1H. The number of rotatable bonds is 7. The van der Waals surface area contributed by atoms with Crippen molar-refractivity contribution in [2.75, 3.05) is 26.3 Å². The van der Waals surface area contributed by atoms with Gasteiger partial charge in [0.05, 0.1) is 12.1 Å². The van der Waals surface area contributed by atoms with Crippen molar-refractivity contribution in [3.05, 3.63) is 29.8 Å². The number of ether oxygens (including phenoxy) is 2. The first-order valence-corrected chi connectivity index (χ1v) is 8.74. The molecule has 1 aliphatic rings. The van der Waals surface area contributed by atoms with Gasteiger partial charge in [0.15, 0.2) is 12.6 Å². The normalized spacial score (nSPS) is 20.1. The van der Waals surface area contributed by atoms with E-state index in [2.05, 4.69) is 22.5 Å². The highest BCUT2D eigenvalue weighted by atomic mass is 127. The third-order valence-corrected chi connectivity index (χ3v) is 4.02. The van der Waals surface area contributed by atoms with Crippen molar-refractivity contribution in [3.8, 4) is 5.75 Å². The number of hydrogen-bond donors (Lipinski definition) is 2. The fourth-order valence-corrected chi connectivity index (χ4v) is 2.62. The molecule has 27 heavy (non-hydrogen) atoms. The lowest BCUT2D eigenvalue weighted by Gasteiger charge is -2.24. The number of nitrogens with one attached hydrogen (secondary N) is 2. The van der Waals surface area contributed by atoms with Gasteiger partial charge in [0, 0.05) is 19.7 Å². The molecule has 0 radical (unpaired) electrons. The largest absolute Gasteiger partial charge is 0.484 e. The Kier molecular flexibility index (Phi) is 9.65. The van der Waals surface area contributed by atoms with Gasteiger partial charge in [-0.15, -0.1) is 24.0 Å². The molecule has 154 valence electrons. The van der Waals surface area contributed by atoms with E-state index >= 15 is 0 Å². The van der Waals surface area contributed by atoms with Gasteiger partial charge in [-0.3, -0.25) is 0 Å². The topological polar surface area (TPSA) is 54.9 Å². The zero-order chi connectivity index (χ0) is 19.0. The number of benzene rings is 1. The van der Waals surface area contributed by atoms with Gasteiger partial charge in [0.25, 0.3) is 0 Å². The summed E-state index contributed by atoms with van der Waals surface area (Å²) in [6.07, 6.45) is -2.26. The van der Waals surface area contributed by atoms with E-state index in [4.69, 9.17) is 9.47 Å². The summed E-state index contributed by atoms with van der Waals surface area (Å²) >= 11 is 0. The van der Waals surface area contributed by atoms with E-state index in [1.807, 2.05) is 6.92 Å². The Balaban J connectivity index is 0.00000364. The van der Waals surface area contributed by atoms with Gasteiger partial charge in [0.1, 0.15) is 5.75 Å². The van der Waals surface area contributed by atoms with Crippen LogP contribution in [0.2, 0.25) is 0 Å². The maximum Gasteiger partial charge on any atom is 0.422 e. The third kappa shape index (κ3) is 9.00. The van der Waals surface area contributed by atoms with Crippen molar-refractivity contribution in [1.82, 2.24) is 10.6 Å². The van der Waals surface area contributed by atoms with Crippen LogP contribution in [-0.2, 0) is 11.3 Å². The van der Waals surface area contributed by atoms with E-state index in [1.165, 1.54) is 12.1 Å². The van der Waals surface area contributed by atoms with Gasteiger partial charge in [0.2, 0.25) is 0 Å². The van der Waals surface area contributed by atoms with Crippen LogP contribution in [0, 0.1) is 0 Å². The number of guanidine groups is 1. The number of hydrogen-bond acceptors (Lipinski definition) is 3. The van der Waals surface area contributed by atoms with Gasteiger partial charge in [-0.05, 0) is 44.4 Å². The van der Waals surface area contributed by atoms with E-state index in [9.17, 15) is 13.2 Å². The second-order valence-electron chi connectivity index (χ2n) is 6.50. The average Bonchev–Trinajstić information content (AvgIpc) is 3.03. The molecule has 9 heteroatoms. The van der Waals surface area contributed by atoms with Gasteiger partial charge in [-0.25, -0.2) is 4.99 Å². The molecule has 1 unspecified atom stereocenters. The molecule has 0 bridgehead atoms. The van der Waals surface area contributed by atoms with E-state index in [0.29, 0.717) is 19.0 Å². The summed E-state index contributed by atoms with van der Waals surface area (Å²) < 4.78 is 46.9. The molecule has 1 fully saturated rings. The lowest BCUT2D eigenvalue weighted by atomic mass is 10.0. The van der Waals surface area contributed by atoms with E-state index in [0.717, 1.165) is 31.6 Å². The summed E-state index contributed by atoms with van der Waals surface area (Å²) in [4.78, 5) is 4.51. The number of aliphatic imine (C=N–C) groups is 1. The zero-order valence-electron chi connectivity index (χ0n) is 15.6. The smallest absolute Gasteiger partial charge is 0.422 e. The van der Waals surface area contributed by atoms with Crippen LogP contribution in [0.1, 0.15) is 32.3 Å². The predicted octanol–water partition coefficient (Wildman–Crippen LogP) is 3.87. The van der Waals surface area contributed by atoms with Crippen molar-refractivity contribution in [2.24, 2.45) is 4.99 Å². The van der Waals surface area contributed by atoms with Crippen LogP contribution in [0.5, 0.6) is 5.75 Å². The minimum Gasteiger partial charge on any atom is -0.484 e. The van der Waals surface area contributed by atoms with Crippen LogP contribution < -0.4 is 15.4 Å². The molecule has 1 heterocycles. The zero-order valence-corrected chi connectivity index (χ0v) is 17.9. The monoisotopic (exact) mass is 501 g/mol. The maximum atomic E-state index is 12.1. The summed E-state index contributed by atoms with van der Waals surface area (Å²) in [6.45, 7) is 5.37. The number of nitrogens with zero attached hydrogens (tertiary/aromatic N) is 1. The Hall–Kier alpha value is -1.23. The summed E-state index contributed by atoms with van der Waals surface area (Å²) in [5.74, 6) is 0.869. The molecular formula is C18H27F3IN3O2. The van der Waals surface area contributed by atoms with Gasteiger partial charge in [-0.1, -0.05) is 12.1 Å². The van der Waals surface area contributed by atoms with Crippen molar-refractivity contribution in [1.29, 1.82) is 0 Å². The SMILES string of the molecule is CCNC(=NCc1ccc(OCC(F)(F)F)cc1)NCC1(C)CCCO1.I. The van der Waals surface area contributed by atoms with Crippen LogP contribution in [-0.4, -0.2) is 44.0 Å². The molecule has 1 aromatic rings. The fraction of sp³-hybridized carbons (Fsp3) is 0.611. The second-order valence-corrected chi connectivity index (χ2v) is 6.50. The Labute approximate surface area is 175 Å². The average molecular weight is 501 g/mol. The van der Waals surface area contributed by atoms with Crippen LogP contribution in [0.3, 0.4) is 0 Å². The Morgan fingerprint density at radius 2 is 1.96 bits per heavy atom. The molecular weight excluding hydrogens is 474 g/mol. The molecule has 1 atom stereocenters. The molecule has 1 saturated heterocycles. The maximum absolute atomic E-state index is 12.1. The quantitative estimate of drug-likeness (QED) is 0.339. The van der Waals surface area contributed by atoms with Gasteiger partial charge in [-0.2, -0.15) is 13.2 Å². The van der Waals surface area contributed by atoms with Crippen molar-refractivity contribution in [3.63, 3.8) is 0 Å². The molecule has 0 spiro atoms. The summed E-state index contributed by atoms with van der Waals surface area (Å²) in [5, 5.41) is 6.46. The fourth-order valence-electron chi connectivity index (χ4n) is 2.62. The highest BCUT2D eigenvalue weighted by molar-refractivity contribution is 14.0. The lowest BCUT2D eigenvalue weighted by molar-refractivity contribution is -0.153. The minimum absolute atomic E-state index is 0. The van der Waals surface area contributed by atoms with Crippen molar-refractivity contribution >= 4 is 29.9 Å². The predicted molar refractivity (Wildman–Crippen MR) is 110 cm³/mol. The van der Waals surface area contributed by atoms with Gasteiger partial charge < -0.3 is 20.1 Å². The first-order chi connectivity index (χ1) is 12.3. The molecule has 0 aromatic heterocycles. The second kappa shape index (κ2) is 10.9. The van der Waals surface area contributed by atoms with Gasteiger partial charge >= 0.3 is 6.18 Å². The Morgan fingerprint density at radius 1 is 1.26 bits per heavy atom. The first kappa shape index (κ1) is 23.8. The van der Waals surface area contributed by atoms with Crippen LogP contribution in [0.15, 0.2) is 29.3 Å². The van der Waals surface area contributed by atoms with Crippen LogP contribution in [0.25, 0.3) is 0 Å². The number of alkyl halides is 3. The molecule has 2 N–H and O–H groups in total. The van der Waals surface area contributed by atoms with E-state index < -0.39 is 12.8 Å². The van der Waals surface area contributed by atoms with Crippen LogP contribution in [0.4, 0.5) is 13.2 Å². The highest BCUT2D eigenvalue weighted by Crippen LogP contribution is 2.23.